The summed E-state index contributed by atoms with van der Waals surface area (Å²) >= 11 is 0. The average molecular weight is 348 g/mol. The van der Waals surface area contributed by atoms with Gasteiger partial charge in [-0.2, -0.15) is 8.61 Å². The number of hydrogen-bond acceptors (Lipinski definition) is 4. The molecule has 0 atom stereocenters. The zero-order valence-corrected chi connectivity index (χ0v) is 15.3. The Morgan fingerprint density at radius 2 is 1.23 bits per heavy atom. The van der Waals surface area contributed by atoms with Gasteiger partial charge in [-0.15, -0.1) is 0 Å². The van der Waals surface area contributed by atoms with Crippen molar-refractivity contribution in [2.45, 2.75) is 43.5 Å². The van der Waals surface area contributed by atoms with Gasteiger partial charge >= 0.3 is 0 Å². The van der Waals surface area contributed by atoms with Crippen molar-refractivity contribution in [2.75, 3.05) is 20.1 Å². The molecule has 0 aliphatic rings. The summed E-state index contributed by atoms with van der Waals surface area (Å²) in [5.41, 5.74) is 0. The summed E-state index contributed by atoms with van der Waals surface area (Å²) in [6.45, 7) is 7.81. The van der Waals surface area contributed by atoms with Crippen LogP contribution in [0.5, 0.6) is 0 Å². The molecule has 1 rings (SSSR count). The first-order valence-corrected chi connectivity index (χ1v) is 10.0. The molecule has 6 nitrogen and oxygen atoms in total. The maximum absolute atomic E-state index is 12.4. The Kier molecular flexibility index (Phi) is 6.14. The molecule has 0 spiro atoms. The summed E-state index contributed by atoms with van der Waals surface area (Å²) in [6.07, 6.45) is 0. The van der Waals surface area contributed by atoms with E-state index in [1.807, 2.05) is 0 Å². The normalized spacial score (nSPS) is 13.3. The van der Waals surface area contributed by atoms with Crippen molar-refractivity contribution >= 4 is 20.0 Å². The minimum atomic E-state index is -3.61. The Morgan fingerprint density at radius 1 is 0.864 bits per heavy atom. The molecular weight excluding hydrogens is 324 g/mol. The molecule has 22 heavy (non-hydrogen) atoms. The largest absolute Gasteiger partial charge is 0.243 e. The van der Waals surface area contributed by atoms with E-state index in [1.165, 1.54) is 39.9 Å². The monoisotopic (exact) mass is 348 g/mol. The zero-order valence-electron chi connectivity index (χ0n) is 13.6. The third kappa shape index (κ3) is 3.68. The predicted molar refractivity (Wildman–Crippen MR) is 86.6 cm³/mol. The Hall–Kier alpha value is -0.960. The third-order valence-corrected chi connectivity index (χ3v) is 7.68. The molecule has 0 unspecified atom stereocenters. The fourth-order valence-corrected chi connectivity index (χ4v) is 4.77. The maximum Gasteiger partial charge on any atom is 0.243 e. The van der Waals surface area contributed by atoms with Gasteiger partial charge in [0.2, 0.25) is 20.0 Å². The van der Waals surface area contributed by atoms with Crippen molar-refractivity contribution < 1.29 is 16.8 Å². The lowest BCUT2D eigenvalue weighted by Gasteiger charge is -2.21. The van der Waals surface area contributed by atoms with E-state index in [-0.39, 0.29) is 15.8 Å². The van der Waals surface area contributed by atoms with Crippen LogP contribution in [-0.4, -0.2) is 51.6 Å². The molecule has 0 aliphatic carbocycles. The van der Waals surface area contributed by atoms with Crippen LogP contribution in [0, 0.1) is 0 Å². The predicted octanol–water partition coefficient (Wildman–Crippen LogP) is 1.75. The lowest BCUT2D eigenvalue weighted by Crippen LogP contribution is -2.33. The van der Waals surface area contributed by atoms with E-state index >= 15 is 0 Å². The second-order valence-electron chi connectivity index (χ2n) is 5.18. The van der Waals surface area contributed by atoms with E-state index in [4.69, 9.17) is 0 Å². The molecule has 0 saturated carbocycles. The molecule has 8 heteroatoms. The molecule has 0 bridgehead atoms. The first kappa shape index (κ1) is 19.1. The number of rotatable bonds is 7. The summed E-state index contributed by atoms with van der Waals surface area (Å²) in [5.74, 6) is 0. The van der Waals surface area contributed by atoms with E-state index in [0.717, 1.165) is 0 Å². The van der Waals surface area contributed by atoms with Crippen molar-refractivity contribution in [3.05, 3.63) is 24.3 Å². The number of benzene rings is 1. The van der Waals surface area contributed by atoms with E-state index in [2.05, 4.69) is 0 Å². The first-order valence-electron chi connectivity index (χ1n) is 7.17. The highest BCUT2D eigenvalue weighted by atomic mass is 32.2. The maximum atomic E-state index is 12.4. The molecule has 0 saturated heterocycles. The van der Waals surface area contributed by atoms with Gasteiger partial charge in [-0.1, -0.05) is 13.8 Å². The minimum Gasteiger partial charge on any atom is -0.207 e. The van der Waals surface area contributed by atoms with Gasteiger partial charge in [-0.3, -0.25) is 0 Å². The lowest BCUT2D eigenvalue weighted by atomic mass is 10.4. The van der Waals surface area contributed by atoms with Crippen molar-refractivity contribution in [1.29, 1.82) is 0 Å². The topological polar surface area (TPSA) is 74.8 Å². The van der Waals surface area contributed by atoms with Crippen molar-refractivity contribution in [1.82, 2.24) is 8.61 Å². The fraction of sp³-hybridized carbons (Fsp3) is 0.571. The number of sulfonamides is 2. The molecule has 1 aromatic rings. The second kappa shape index (κ2) is 7.08. The second-order valence-corrected chi connectivity index (χ2v) is 9.11. The highest BCUT2D eigenvalue weighted by molar-refractivity contribution is 7.89. The van der Waals surface area contributed by atoms with Crippen LogP contribution in [0.1, 0.15) is 27.7 Å². The average Bonchev–Trinajstić information content (AvgIpc) is 2.47. The summed E-state index contributed by atoms with van der Waals surface area (Å²) in [7, 11) is -5.68. The standard InChI is InChI=1S/C14H24N2O4S2/c1-6-16(7-2)22(19,20)14-10-8-13(9-11-14)21(17,18)15(5)12(3)4/h8-12H,6-7H2,1-5H3. The van der Waals surface area contributed by atoms with Gasteiger partial charge in [0.1, 0.15) is 0 Å². The molecule has 0 heterocycles. The van der Waals surface area contributed by atoms with E-state index in [0.29, 0.717) is 13.1 Å². The van der Waals surface area contributed by atoms with E-state index in [9.17, 15) is 16.8 Å². The highest BCUT2D eigenvalue weighted by Crippen LogP contribution is 2.21. The van der Waals surface area contributed by atoms with Crippen LogP contribution < -0.4 is 0 Å². The van der Waals surface area contributed by atoms with Crippen LogP contribution in [0.25, 0.3) is 0 Å². The SMILES string of the molecule is CCN(CC)S(=O)(=O)c1ccc(S(=O)(=O)N(C)C(C)C)cc1. The van der Waals surface area contributed by atoms with Crippen molar-refractivity contribution in [3.8, 4) is 0 Å². The summed E-state index contributed by atoms with van der Waals surface area (Å²) in [6, 6.07) is 5.18. The van der Waals surface area contributed by atoms with Gasteiger partial charge < -0.3 is 0 Å². The summed E-state index contributed by atoms with van der Waals surface area (Å²) in [4.78, 5) is 0.185. The van der Waals surface area contributed by atoms with Crippen LogP contribution >= 0.6 is 0 Å². The fourth-order valence-electron chi connectivity index (χ4n) is 1.94. The molecular formula is C14H24N2O4S2. The number of hydrogen-bond donors (Lipinski definition) is 0. The highest BCUT2D eigenvalue weighted by Gasteiger charge is 2.25. The lowest BCUT2D eigenvalue weighted by molar-refractivity contribution is 0.410. The zero-order chi connectivity index (χ0) is 17.1. The van der Waals surface area contributed by atoms with E-state index < -0.39 is 20.0 Å². The Morgan fingerprint density at radius 3 is 1.55 bits per heavy atom. The molecule has 0 radical (unpaired) electrons. The van der Waals surface area contributed by atoms with Crippen molar-refractivity contribution in [2.24, 2.45) is 0 Å². The quantitative estimate of drug-likeness (QED) is 0.752. The molecule has 0 aromatic heterocycles. The Bertz CT molecular complexity index is 640. The van der Waals surface area contributed by atoms with Crippen molar-refractivity contribution in [3.63, 3.8) is 0 Å². The van der Waals surface area contributed by atoms with Crippen LogP contribution in [0.2, 0.25) is 0 Å². The van der Waals surface area contributed by atoms with Crippen LogP contribution in [0.4, 0.5) is 0 Å². The number of nitrogens with zero attached hydrogens (tertiary/aromatic N) is 2. The van der Waals surface area contributed by atoms with Gasteiger partial charge in [0.05, 0.1) is 9.79 Å². The molecule has 0 fully saturated rings. The summed E-state index contributed by atoms with van der Waals surface area (Å²) in [5, 5.41) is 0. The van der Waals surface area contributed by atoms with Crippen LogP contribution in [0.3, 0.4) is 0 Å². The van der Waals surface area contributed by atoms with Gasteiger partial charge in [-0.25, -0.2) is 16.8 Å². The Labute approximate surface area is 133 Å². The molecule has 0 N–H and O–H groups in total. The van der Waals surface area contributed by atoms with Crippen LogP contribution in [-0.2, 0) is 20.0 Å². The van der Waals surface area contributed by atoms with Gasteiger partial charge in [0.15, 0.2) is 0 Å². The smallest absolute Gasteiger partial charge is 0.207 e. The first-order chi connectivity index (χ1) is 10.1. The molecule has 126 valence electrons. The molecule has 1 aromatic carbocycles. The molecule has 0 amide bonds. The molecule has 0 aliphatic heterocycles. The summed E-state index contributed by atoms with van der Waals surface area (Å²) < 4.78 is 52.0. The van der Waals surface area contributed by atoms with Gasteiger partial charge in [0.25, 0.3) is 0 Å². The van der Waals surface area contributed by atoms with Gasteiger partial charge in [-0.05, 0) is 38.1 Å². The van der Waals surface area contributed by atoms with E-state index in [1.54, 1.807) is 27.7 Å². The third-order valence-electron chi connectivity index (χ3n) is 3.57. The van der Waals surface area contributed by atoms with Gasteiger partial charge in [0, 0.05) is 26.2 Å². The Balaban J connectivity index is 3.22. The minimum absolute atomic E-state index is 0.0854. The van der Waals surface area contributed by atoms with Crippen LogP contribution in [0.15, 0.2) is 34.1 Å².